The van der Waals surface area contributed by atoms with E-state index in [1.54, 1.807) is 0 Å². The van der Waals surface area contributed by atoms with Gasteiger partial charge in [0.15, 0.2) is 0 Å². The van der Waals surface area contributed by atoms with Gasteiger partial charge in [-0.05, 0) is 0 Å². The number of carboxylic acid groups (broad SMARTS) is 1. The maximum absolute atomic E-state index is 9.92. The van der Waals surface area contributed by atoms with Crippen LogP contribution >= 0.6 is 23.2 Å². The average molecular weight is 158 g/mol. The Balaban J connectivity index is 3.52. The van der Waals surface area contributed by atoms with E-state index in [9.17, 15) is 4.79 Å². The van der Waals surface area contributed by atoms with Crippen molar-refractivity contribution >= 4 is 29.3 Å². The van der Waals surface area contributed by atoms with E-state index in [1.165, 1.54) is 0 Å². The lowest BCUT2D eigenvalue weighted by Crippen LogP contribution is -2.26. The van der Waals surface area contributed by atoms with Crippen LogP contribution in [-0.4, -0.2) is 28.1 Å². The number of halogens is 2. The van der Waals surface area contributed by atoms with Crippen LogP contribution in [0.3, 0.4) is 0 Å². The Hall–Kier alpha value is -0.150. The Labute approximate surface area is 56.8 Å². The highest BCUT2D eigenvalue weighted by Crippen LogP contribution is 1.92. The van der Waals surface area contributed by atoms with E-state index in [4.69, 9.17) is 28.3 Å². The van der Waals surface area contributed by atoms with Gasteiger partial charge in [0.05, 0.1) is 0 Å². The van der Waals surface area contributed by atoms with Crippen molar-refractivity contribution in [2.45, 2.75) is 0 Å². The molecule has 0 saturated carbocycles. The topological polar surface area (TPSA) is 40.5 Å². The fourth-order valence-corrected chi connectivity index (χ4v) is 0.594. The number of nitrogens with zero attached hydrogens (tertiary/aromatic N) is 1. The molecule has 0 unspecified atom stereocenters. The Bertz CT molecular complexity index is 83.4. The lowest BCUT2D eigenvalue weighted by atomic mass is 10.9. The number of carbonyl (C=O) groups is 1. The molecule has 3 nitrogen and oxygen atoms in total. The number of hydrogen-bond acceptors (Lipinski definition) is 1. The van der Waals surface area contributed by atoms with Crippen molar-refractivity contribution in [2.75, 3.05) is 12.0 Å². The van der Waals surface area contributed by atoms with Crippen LogP contribution in [0.1, 0.15) is 0 Å². The van der Waals surface area contributed by atoms with Gasteiger partial charge in [-0.25, -0.2) is 4.79 Å². The minimum Gasteiger partial charge on any atom is -0.465 e. The quantitative estimate of drug-likeness (QED) is 0.486. The minimum atomic E-state index is -1.10. The molecule has 0 heterocycles. The third kappa shape index (κ3) is 2.23. The molecule has 0 rings (SSSR count). The van der Waals surface area contributed by atoms with Crippen LogP contribution < -0.4 is 0 Å². The van der Waals surface area contributed by atoms with Gasteiger partial charge in [-0.2, -0.15) is 0 Å². The molecule has 0 aliphatic carbocycles. The number of rotatable bonds is 2. The molecule has 5 heteroatoms. The normalized spacial score (nSPS) is 8.75. The summed E-state index contributed by atoms with van der Waals surface area (Å²) in [5.41, 5.74) is 0. The highest BCUT2D eigenvalue weighted by atomic mass is 35.5. The Morgan fingerprint density at radius 2 is 1.88 bits per heavy atom. The van der Waals surface area contributed by atoms with Crippen LogP contribution in [0.2, 0.25) is 0 Å². The molecule has 0 aliphatic rings. The third-order valence-electron chi connectivity index (χ3n) is 0.559. The Morgan fingerprint density at radius 1 is 1.50 bits per heavy atom. The van der Waals surface area contributed by atoms with Gasteiger partial charge in [0.1, 0.15) is 12.0 Å². The molecule has 0 fully saturated rings. The van der Waals surface area contributed by atoms with Gasteiger partial charge in [0.25, 0.3) is 0 Å². The summed E-state index contributed by atoms with van der Waals surface area (Å²) in [6.45, 7) is 0. The largest absolute Gasteiger partial charge is 0.465 e. The molecular weight excluding hydrogens is 153 g/mol. The summed E-state index contributed by atoms with van der Waals surface area (Å²) in [4.78, 5) is 10.8. The predicted octanol–water partition coefficient (Wildman–Crippen LogP) is 1.36. The molecule has 0 aliphatic heterocycles. The molecule has 0 atom stereocenters. The molecule has 0 aromatic heterocycles. The molecular formula is C3H5Cl2NO2. The first-order valence-electron chi connectivity index (χ1n) is 1.82. The smallest absolute Gasteiger partial charge is 0.409 e. The van der Waals surface area contributed by atoms with Crippen LogP contribution in [0, 0.1) is 0 Å². The second-order valence-corrected chi connectivity index (χ2v) is 1.54. The van der Waals surface area contributed by atoms with Crippen molar-refractivity contribution < 1.29 is 9.90 Å². The molecule has 0 radical (unpaired) electrons. The monoisotopic (exact) mass is 157 g/mol. The third-order valence-corrected chi connectivity index (χ3v) is 1.14. The van der Waals surface area contributed by atoms with E-state index in [0.29, 0.717) is 0 Å². The van der Waals surface area contributed by atoms with E-state index >= 15 is 0 Å². The summed E-state index contributed by atoms with van der Waals surface area (Å²) in [5.74, 6) is 0. The fraction of sp³-hybridized carbons (Fsp3) is 0.667. The average Bonchev–Trinajstić information content (AvgIpc) is 1.69. The van der Waals surface area contributed by atoms with Gasteiger partial charge < -0.3 is 5.11 Å². The molecule has 1 amide bonds. The van der Waals surface area contributed by atoms with Crippen molar-refractivity contribution in [3.8, 4) is 0 Å². The lowest BCUT2D eigenvalue weighted by Gasteiger charge is -2.09. The second-order valence-electron chi connectivity index (χ2n) is 1.06. The molecule has 0 aromatic carbocycles. The SMILES string of the molecule is O=C(O)N(CCl)CCl. The van der Waals surface area contributed by atoms with Crippen LogP contribution in [0.5, 0.6) is 0 Å². The van der Waals surface area contributed by atoms with Crippen LogP contribution in [0.25, 0.3) is 0 Å². The first-order chi connectivity index (χ1) is 3.72. The molecule has 48 valence electrons. The van der Waals surface area contributed by atoms with E-state index < -0.39 is 6.09 Å². The van der Waals surface area contributed by atoms with E-state index in [1.807, 2.05) is 0 Å². The van der Waals surface area contributed by atoms with Crippen molar-refractivity contribution in [3.63, 3.8) is 0 Å². The highest BCUT2D eigenvalue weighted by molar-refractivity contribution is 6.21. The number of hydrogen-bond donors (Lipinski definition) is 1. The first-order valence-corrected chi connectivity index (χ1v) is 2.89. The van der Waals surface area contributed by atoms with Gasteiger partial charge in [-0.15, -0.1) is 23.2 Å². The van der Waals surface area contributed by atoms with Gasteiger partial charge in [0, 0.05) is 0 Å². The fourth-order valence-electron chi connectivity index (χ4n) is 0.134. The van der Waals surface area contributed by atoms with Gasteiger partial charge in [-0.3, -0.25) is 4.90 Å². The standard InChI is InChI=1S/C3H5Cl2NO2/c4-1-6(2-5)3(7)8/h1-2H2,(H,7,8). The van der Waals surface area contributed by atoms with E-state index in [0.717, 1.165) is 4.90 Å². The Kier molecular flexibility index (Phi) is 3.73. The summed E-state index contributed by atoms with van der Waals surface area (Å²) in [5, 5.41) is 8.13. The highest BCUT2D eigenvalue weighted by Gasteiger charge is 2.05. The first kappa shape index (κ1) is 7.85. The number of alkyl halides is 2. The second kappa shape index (κ2) is 3.80. The van der Waals surface area contributed by atoms with Gasteiger partial charge in [-0.1, -0.05) is 0 Å². The summed E-state index contributed by atoms with van der Waals surface area (Å²) >= 11 is 10.2. The summed E-state index contributed by atoms with van der Waals surface area (Å²) < 4.78 is 0. The molecule has 8 heavy (non-hydrogen) atoms. The zero-order valence-corrected chi connectivity index (χ0v) is 5.48. The van der Waals surface area contributed by atoms with Crippen LogP contribution in [0.4, 0.5) is 4.79 Å². The maximum Gasteiger partial charge on any atom is 0.409 e. The number of amides is 1. The Morgan fingerprint density at radius 3 is 1.88 bits per heavy atom. The van der Waals surface area contributed by atoms with Gasteiger partial charge >= 0.3 is 6.09 Å². The lowest BCUT2D eigenvalue weighted by molar-refractivity contribution is 0.160. The molecule has 1 N–H and O–H groups in total. The summed E-state index contributed by atoms with van der Waals surface area (Å²) in [6.07, 6.45) is -1.10. The predicted molar refractivity (Wildman–Crippen MR) is 31.3 cm³/mol. The summed E-state index contributed by atoms with van der Waals surface area (Å²) in [6, 6.07) is -0.169. The molecule has 0 spiro atoms. The van der Waals surface area contributed by atoms with Crippen molar-refractivity contribution in [1.29, 1.82) is 0 Å². The minimum absolute atomic E-state index is 0.0845. The molecule has 0 saturated heterocycles. The van der Waals surface area contributed by atoms with E-state index in [2.05, 4.69) is 0 Å². The van der Waals surface area contributed by atoms with Crippen LogP contribution in [-0.2, 0) is 0 Å². The van der Waals surface area contributed by atoms with Crippen LogP contribution in [0.15, 0.2) is 0 Å². The van der Waals surface area contributed by atoms with Crippen molar-refractivity contribution in [2.24, 2.45) is 0 Å². The zero-order valence-electron chi connectivity index (χ0n) is 3.97. The molecule has 0 aromatic rings. The van der Waals surface area contributed by atoms with Gasteiger partial charge in [0.2, 0.25) is 0 Å². The van der Waals surface area contributed by atoms with Crippen molar-refractivity contribution in [1.82, 2.24) is 4.90 Å². The summed E-state index contributed by atoms with van der Waals surface area (Å²) in [7, 11) is 0. The maximum atomic E-state index is 9.92. The molecule has 0 bridgehead atoms. The van der Waals surface area contributed by atoms with Crippen molar-refractivity contribution in [3.05, 3.63) is 0 Å². The van der Waals surface area contributed by atoms with E-state index in [-0.39, 0.29) is 12.0 Å². The zero-order chi connectivity index (χ0) is 6.57.